The lowest BCUT2D eigenvalue weighted by atomic mass is 10.2. The highest BCUT2D eigenvalue weighted by Gasteiger charge is 2.13. The summed E-state index contributed by atoms with van der Waals surface area (Å²) in [6.45, 7) is 0.718. The number of hydrogen-bond acceptors (Lipinski definition) is 4. The van der Waals surface area contributed by atoms with Crippen LogP contribution < -0.4 is 10.6 Å². The van der Waals surface area contributed by atoms with E-state index in [1.807, 2.05) is 30.3 Å². The van der Waals surface area contributed by atoms with E-state index in [0.717, 1.165) is 10.5 Å². The third kappa shape index (κ3) is 5.90. The molecule has 2 amide bonds. The Morgan fingerprint density at radius 3 is 2.61 bits per heavy atom. The average Bonchev–Trinajstić information content (AvgIpc) is 3.23. The topological polar surface area (TPSA) is 71.3 Å². The second-order valence-electron chi connectivity index (χ2n) is 5.95. The summed E-state index contributed by atoms with van der Waals surface area (Å²) in [6, 6.07) is 18.1. The Balaban J connectivity index is 1.54. The number of carbonyl (C=O) groups excluding carboxylic acids is 2. The van der Waals surface area contributed by atoms with Crippen LogP contribution in [0.1, 0.15) is 21.7 Å². The molecule has 0 unspecified atom stereocenters. The quantitative estimate of drug-likeness (QED) is 0.540. The largest absolute Gasteiger partial charge is 0.467 e. The molecule has 0 radical (unpaired) electrons. The van der Waals surface area contributed by atoms with E-state index >= 15 is 0 Å². The van der Waals surface area contributed by atoms with Gasteiger partial charge in [-0.25, -0.2) is 0 Å². The zero-order chi connectivity index (χ0) is 19.8. The fourth-order valence-corrected chi connectivity index (χ4v) is 3.59. The SMILES string of the molecule is O=C(CSc1ccccc1C(=O)NCc1cccc(Cl)c1)NCc1ccco1. The van der Waals surface area contributed by atoms with Gasteiger partial charge in [-0.15, -0.1) is 11.8 Å². The predicted molar refractivity (Wildman–Crippen MR) is 110 cm³/mol. The second kappa shape index (κ2) is 10.0. The molecule has 0 aliphatic heterocycles. The number of furan rings is 1. The normalized spacial score (nSPS) is 10.5. The lowest BCUT2D eigenvalue weighted by Gasteiger charge is -2.10. The number of rotatable bonds is 8. The molecule has 5 nitrogen and oxygen atoms in total. The van der Waals surface area contributed by atoms with Gasteiger partial charge < -0.3 is 15.1 Å². The molecule has 28 heavy (non-hydrogen) atoms. The summed E-state index contributed by atoms with van der Waals surface area (Å²) in [4.78, 5) is 25.4. The smallest absolute Gasteiger partial charge is 0.252 e. The van der Waals surface area contributed by atoms with Crippen molar-refractivity contribution in [3.05, 3.63) is 88.8 Å². The van der Waals surface area contributed by atoms with Gasteiger partial charge in [0.15, 0.2) is 0 Å². The van der Waals surface area contributed by atoms with Crippen molar-refractivity contribution in [3.63, 3.8) is 0 Å². The molecule has 1 heterocycles. The van der Waals surface area contributed by atoms with E-state index in [4.69, 9.17) is 16.0 Å². The highest BCUT2D eigenvalue weighted by molar-refractivity contribution is 8.00. The average molecular weight is 415 g/mol. The van der Waals surface area contributed by atoms with Gasteiger partial charge >= 0.3 is 0 Å². The fraction of sp³-hybridized carbons (Fsp3) is 0.143. The van der Waals surface area contributed by atoms with Crippen LogP contribution >= 0.6 is 23.4 Å². The molecule has 2 N–H and O–H groups in total. The van der Waals surface area contributed by atoms with Crippen molar-refractivity contribution in [1.29, 1.82) is 0 Å². The molecule has 3 rings (SSSR count). The first kappa shape index (κ1) is 20.0. The van der Waals surface area contributed by atoms with Crippen molar-refractivity contribution < 1.29 is 14.0 Å². The van der Waals surface area contributed by atoms with Gasteiger partial charge in [0.2, 0.25) is 5.91 Å². The molecule has 0 aliphatic rings. The molecule has 2 aromatic carbocycles. The van der Waals surface area contributed by atoms with Crippen LogP contribution in [0.5, 0.6) is 0 Å². The van der Waals surface area contributed by atoms with Crippen molar-refractivity contribution in [2.24, 2.45) is 0 Å². The molecule has 0 bridgehead atoms. The maximum atomic E-state index is 12.6. The first-order valence-corrected chi connectivity index (χ1v) is 10.0. The van der Waals surface area contributed by atoms with Gasteiger partial charge in [0.1, 0.15) is 5.76 Å². The maximum Gasteiger partial charge on any atom is 0.252 e. The van der Waals surface area contributed by atoms with Crippen LogP contribution in [-0.4, -0.2) is 17.6 Å². The van der Waals surface area contributed by atoms with Gasteiger partial charge in [-0.3, -0.25) is 9.59 Å². The van der Waals surface area contributed by atoms with E-state index in [9.17, 15) is 9.59 Å². The fourth-order valence-electron chi connectivity index (χ4n) is 2.50. The number of carbonyl (C=O) groups is 2. The zero-order valence-corrected chi connectivity index (χ0v) is 16.6. The molecule has 3 aromatic rings. The first-order chi connectivity index (χ1) is 13.6. The van der Waals surface area contributed by atoms with Crippen molar-refractivity contribution in [1.82, 2.24) is 10.6 Å². The first-order valence-electron chi connectivity index (χ1n) is 8.65. The summed E-state index contributed by atoms with van der Waals surface area (Å²) >= 11 is 7.29. The van der Waals surface area contributed by atoms with E-state index < -0.39 is 0 Å². The van der Waals surface area contributed by atoms with Crippen LogP contribution in [0.4, 0.5) is 0 Å². The van der Waals surface area contributed by atoms with Crippen molar-refractivity contribution in [2.75, 3.05) is 5.75 Å². The minimum Gasteiger partial charge on any atom is -0.467 e. The summed E-state index contributed by atoms with van der Waals surface area (Å²) in [5.41, 5.74) is 1.46. The molecule has 0 saturated carbocycles. The van der Waals surface area contributed by atoms with E-state index in [2.05, 4.69) is 10.6 Å². The lowest BCUT2D eigenvalue weighted by molar-refractivity contribution is -0.118. The summed E-state index contributed by atoms with van der Waals surface area (Å²) in [7, 11) is 0. The number of hydrogen-bond donors (Lipinski definition) is 2. The van der Waals surface area contributed by atoms with Crippen LogP contribution in [0.15, 0.2) is 76.2 Å². The molecule has 0 spiro atoms. The summed E-state index contributed by atoms with van der Waals surface area (Å²) in [6.07, 6.45) is 1.56. The Bertz CT molecular complexity index is 944. The third-order valence-corrected chi connectivity index (χ3v) is 5.18. The molecule has 1 aromatic heterocycles. The number of nitrogens with one attached hydrogen (secondary N) is 2. The number of benzene rings is 2. The van der Waals surface area contributed by atoms with Gasteiger partial charge in [-0.1, -0.05) is 35.9 Å². The Morgan fingerprint density at radius 2 is 1.82 bits per heavy atom. The number of thioether (sulfide) groups is 1. The van der Waals surface area contributed by atoms with E-state index in [0.29, 0.717) is 29.4 Å². The predicted octanol–water partition coefficient (Wildman–Crippen LogP) is 4.27. The molecule has 144 valence electrons. The molecule has 0 saturated heterocycles. The van der Waals surface area contributed by atoms with Crippen molar-refractivity contribution in [3.8, 4) is 0 Å². The zero-order valence-electron chi connectivity index (χ0n) is 15.0. The summed E-state index contributed by atoms with van der Waals surface area (Å²) in [5.74, 6) is 0.577. The summed E-state index contributed by atoms with van der Waals surface area (Å²) in [5, 5.41) is 6.31. The molecule has 0 atom stereocenters. The minimum atomic E-state index is -0.195. The third-order valence-electron chi connectivity index (χ3n) is 3.87. The Hall–Kier alpha value is -2.70. The Kier molecular flexibility index (Phi) is 7.17. The number of halogens is 1. The van der Waals surface area contributed by atoms with Crippen LogP contribution in [0.2, 0.25) is 5.02 Å². The summed E-state index contributed by atoms with van der Waals surface area (Å²) < 4.78 is 5.19. The van der Waals surface area contributed by atoms with E-state index in [1.54, 1.807) is 36.6 Å². The van der Waals surface area contributed by atoms with Crippen LogP contribution in [0, 0.1) is 0 Å². The van der Waals surface area contributed by atoms with Crippen LogP contribution in [-0.2, 0) is 17.9 Å². The van der Waals surface area contributed by atoms with Gasteiger partial charge in [0.25, 0.3) is 5.91 Å². The molecule has 0 fully saturated rings. The highest BCUT2D eigenvalue weighted by atomic mass is 35.5. The van der Waals surface area contributed by atoms with Gasteiger partial charge in [-0.05, 0) is 42.0 Å². The highest BCUT2D eigenvalue weighted by Crippen LogP contribution is 2.22. The van der Waals surface area contributed by atoms with E-state index in [-0.39, 0.29) is 17.6 Å². The minimum absolute atomic E-state index is 0.129. The molecule has 7 heteroatoms. The van der Waals surface area contributed by atoms with Gasteiger partial charge in [0.05, 0.1) is 24.1 Å². The van der Waals surface area contributed by atoms with E-state index in [1.165, 1.54) is 11.8 Å². The maximum absolute atomic E-state index is 12.6. The monoisotopic (exact) mass is 414 g/mol. The molecular weight excluding hydrogens is 396 g/mol. The van der Waals surface area contributed by atoms with Crippen molar-refractivity contribution in [2.45, 2.75) is 18.0 Å². The van der Waals surface area contributed by atoms with Crippen LogP contribution in [0.3, 0.4) is 0 Å². The standard InChI is InChI=1S/C21H19ClN2O3S/c22-16-6-3-5-15(11-16)12-24-21(26)18-8-1-2-9-19(18)28-14-20(25)23-13-17-7-4-10-27-17/h1-11H,12-14H2,(H,23,25)(H,24,26). The Labute approximate surface area is 172 Å². The van der Waals surface area contributed by atoms with Crippen LogP contribution in [0.25, 0.3) is 0 Å². The van der Waals surface area contributed by atoms with Crippen molar-refractivity contribution >= 4 is 35.2 Å². The molecular formula is C21H19ClN2O3S. The van der Waals surface area contributed by atoms with Gasteiger partial charge in [-0.2, -0.15) is 0 Å². The van der Waals surface area contributed by atoms with Gasteiger partial charge in [0, 0.05) is 16.5 Å². The molecule has 0 aliphatic carbocycles. The second-order valence-corrected chi connectivity index (χ2v) is 7.41. The lowest BCUT2D eigenvalue weighted by Crippen LogP contribution is -2.25. The Morgan fingerprint density at radius 1 is 0.964 bits per heavy atom. The number of amides is 2.